The Bertz CT molecular complexity index is 320. The fourth-order valence-electron chi connectivity index (χ4n) is 0.585. The maximum atomic E-state index is 12.0. The fraction of sp³-hybridized carbons (Fsp3) is 0.333. The minimum atomic E-state index is -4.51. The Balaban J connectivity index is 2.93. The number of alkyl halides is 3. The Morgan fingerprint density at radius 2 is 2.23 bits per heavy atom. The van der Waals surface area contributed by atoms with E-state index in [9.17, 15) is 18.0 Å². The molecule has 0 radical (unpaired) electrons. The first-order valence-corrected chi connectivity index (χ1v) is 3.94. The molecule has 0 saturated heterocycles. The van der Waals surface area contributed by atoms with E-state index in [1.54, 1.807) is 0 Å². The molecule has 0 unspecified atom stereocenters. The van der Waals surface area contributed by atoms with Gasteiger partial charge in [0, 0.05) is 5.38 Å². The smallest absolute Gasteiger partial charge is 0.434 e. The number of carbonyl (C=O) groups excluding carboxylic acids is 1. The van der Waals surface area contributed by atoms with Crippen LogP contribution in [0.2, 0.25) is 0 Å². The number of hydrogen-bond donors (Lipinski definition) is 0. The summed E-state index contributed by atoms with van der Waals surface area (Å²) in [4.78, 5) is 13.8. The number of hydrogen-bond acceptors (Lipinski definition) is 4. The largest absolute Gasteiger partial charge is 0.464 e. The van der Waals surface area contributed by atoms with E-state index in [4.69, 9.17) is 0 Å². The maximum absolute atomic E-state index is 12.0. The molecule has 0 fully saturated rings. The van der Waals surface area contributed by atoms with E-state index < -0.39 is 17.8 Å². The highest BCUT2D eigenvalue weighted by Crippen LogP contribution is 2.29. The molecule has 0 aliphatic carbocycles. The summed E-state index contributed by atoms with van der Waals surface area (Å²) >= 11 is 0.603. The standard InChI is InChI=1S/C6H4F3NO2S/c1-12-5(11)4-10-3(2-13-4)6(7,8)9/h2H,1H3. The topological polar surface area (TPSA) is 39.2 Å². The monoisotopic (exact) mass is 211 g/mol. The first kappa shape index (κ1) is 9.97. The van der Waals surface area contributed by atoms with Crippen LogP contribution in [0.4, 0.5) is 13.2 Å². The van der Waals surface area contributed by atoms with Crippen LogP contribution in [-0.2, 0) is 10.9 Å². The third-order valence-corrected chi connectivity index (χ3v) is 1.98. The van der Waals surface area contributed by atoms with Crippen molar-refractivity contribution in [3.63, 3.8) is 0 Å². The van der Waals surface area contributed by atoms with Crippen molar-refractivity contribution >= 4 is 17.3 Å². The summed E-state index contributed by atoms with van der Waals surface area (Å²) in [6.07, 6.45) is -4.51. The summed E-state index contributed by atoms with van der Waals surface area (Å²) in [5.41, 5.74) is -1.07. The molecule has 1 aromatic rings. The predicted octanol–water partition coefficient (Wildman–Crippen LogP) is 1.95. The lowest BCUT2D eigenvalue weighted by Crippen LogP contribution is -2.07. The van der Waals surface area contributed by atoms with E-state index in [2.05, 4.69) is 9.72 Å². The van der Waals surface area contributed by atoms with Crippen molar-refractivity contribution in [2.75, 3.05) is 7.11 Å². The molecule has 72 valence electrons. The van der Waals surface area contributed by atoms with Gasteiger partial charge >= 0.3 is 12.1 Å². The molecule has 0 amide bonds. The molecule has 7 heteroatoms. The quantitative estimate of drug-likeness (QED) is 0.666. The van der Waals surface area contributed by atoms with Gasteiger partial charge in [-0.3, -0.25) is 0 Å². The van der Waals surface area contributed by atoms with Gasteiger partial charge in [-0.2, -0.15) is 13.2 Å². The van der Waals surface area contributed by atoms with Gasteiger partial charge in [0.15, 0.2) is 5.69 Å². The van der Waals surface area contributed by atoms with Gasteiger partial charge in [0.2, 0.25) is 5.01 Å². The minimum absolute atomic E-state index is 0.296. The van der Waals surface area contributed by atoms with Crippen molar-refractivity contribution in [3.05, 3.63) is 16.1 Å². The van der Waals surface area contributed by atoms with Gasteiger partial charge in [0.05, 0.1) is 7.11 Å². The van der Waals surface area contributed by atoms with E-state index in [0.29, 0.717) is 11.3 Å². The lowest BCUT2D eigenvalue weighted by molar-refractivity contribution is -0.140. The number of ether oxygens (including phenoxy) is 1. The average molecular weight is 211 g/mol. The van der Waals surface area contributed by atoms with Gasteiger partial charge in [-0.25, -0.2) is 9.78 Å². The normalized spacial score (nSPS) is 11.4. The lowest BCUT2D eigenvalue weighted by Gasteiger charge is -1.99. The molecular formula is C6H4F3NO2S. The fourth-order valence-corrected chi connectivity index (χ4v) is 1.33. The summed E-state index contributed by atoms with van der Waals surface area (Å²) in [5.74, 6) is -0.861. The number of methoxy groups -OCH3 is 1. The van der Waals surface area contributed by atoms with Crippen molar-refractivity contribution in [1.82, 2.24) is 4.98 Å². The van der Waals surface area contributed by atoms with E-state index in [1.807, 2.05) is 0 Å². The highest BCUT2D eigenvalue weighted by molar-refractivity contribution is 7.11. The third-order valence-electron chi connectivity index (χ3n) is 1.15. The van der Waals surface area contributed by atoms with Crippen LogP contribution in [0.3, 0.4) is 0 Å². The van der Waals surface area contributed by atoms with Gasteiger partial charge in [-0.15, -0.1) is 11.3 Å². The van der Waals surface area contributed by atoms with Crippen LogP contribution < -0.4 is 0 Å². The predicted molar refractivity (Wildman–Crippen MR) is 38.5 cm³/mol. The number of nitrogens with zero attached hydrogens (tertiary/aromatic N) is 1. The Morgan fingerprint density at radius 1 is 1.62 bits per heavy atom. The molecule has 0 atom stereocenters. The van der Waals surface area contributed by atoms with Crippen LogP contribution in [0.5, 0.6) is 0 Å². The maximum Gasteiger partial charge on any atom is 0.434 e. The molecule has 13 heavy (non-hydrogen) atoms. The Morgan fingerprint density at radius 3 is 2.62 bits per heavy atom. The number of carbonyl (C=O) groups is 1. The molecule has 3 nitrogen and oxygen atoms in total. The molecule has 0 N–H and O–H groups in total. The second-order valence-corrected chi connectivity index (χ2v) is 2.89. The first-order chi connectivity index (χ1) is 5.95. The lowest BCUT2D eigenvalue weighted by atomic mass is 10.5. The van der Waals surface area contributed by atoms with Crippen LogP contribution in [0, 0.1) is 0 Å². The van der Waals surface area contributed by atoms with Crippen LogP contribution in [0.25, 0.3) is 0 Å². The third kappa shape index (κ3) is 2.18. The zero-order valence-electron chi connectivity index (χ0n) is 6.38. The van der Waals surface area contributed by atoms with E-state index in [1.165, 1.54) is 0 Å². The number of thiazole rings is 1. The van der Waals surface area contributed by atoms with Gasteiger partial charge < -0.3 is 4.74 Å². The molecule has 0 aliphatic heterocycles. The van der Waals surface area contributed by atoms with Crippen molar-refractivity contribution in [2.24, 2.45) is 0 Å². The summed E-state index contributed by atoms with van der Waals surface area (Å²) in [5, 5.41) is 0.474. The SMILES string of the molecule is COC(=O)c1nc(C(F)(F)F)cs1. The van der Waals surface area contributed by atoms with Crippen molar-refractivity contribution < 1.29 is 22.7 Å². The molecular weight excluding hydrogens is 207 g/mol. The molecule has 1 aromatic heterocycles. The van der Waals surface area contributed by atoms with Gasteiger partial charge in [0.1, 0.15) is 0 Å². The molecule has 0 spiro atoms. The average Bonchev–Trinajstić information content (AvgIpc) is 2.50. The first-order valence-electron chi connectivity index (χ1n) is 3.06. The minimum Gasteiger partial charge on any atom is -0.464 e. The molecule has 1 rings (SSSR count). The van der Waals surface area contributed by atoms with E-state index in [-0.39, 0.29) is 5.01 Å². The number of esters is 1. The molecule has 1 heterocycles. The number of aromatic nitrogens is 1. The number of halogens is 3. The summed E-state index contributed by atoms with van der Waals surface area (Å²) in [6.45, 7) is 0. The molecule has 0 aromatic carbocycles. The highest BCUT2D eigenvalue weighted by Gasteiger charge is 2.34. The molecule has 0 aliphatic rings. The highest BCUT2D eigenvalue weighted by atomic mass is 32.1. The van der Waals surface area contributed by atoms with Crippen molar-refractivity contribution in [3.8, 4) is 0 Å². The van der Waals surface area contributed by atoms with Crippen LogP contribution in [-0.4, -0.2) is 18.1 Å². The van der Waals surface area contributed by atoms with Crippen molar-refractivity contribution in [1.29, 1.82) is 0 Å². The van der Waals surface area contributed by atoms with Crippen LogP contribution in [0.15, 0.2) is 5.38 Å². The summed E-state index contributed by atoms with van der Waals surface area (Å²) < 4.78 is 40.1. The Labute approximate surface area is 75.2 Å². The van der Waals surface area contributed by atoms with Crippen molar-refractivity contribution in [2.45, 2.75) is 6.18 Å². The second-order valence-electron chi connectivity index (χ2n) is 2.03. The van der Waals surface area contributed by atoms with E-state index >= 15 is 0 Å². The second kappa shape index (κ2) is 3.33. The van der Waals surface area contributed by atoms with Gasteiger partial charge in [-0.1, -0.05) is 0 Å². The molecule has 0 bridgehead atoms. The summed E-state index contributed by atoms with van der Waals surface area (Å²) in [7, 11) is 1.08. The molecule has 0 saturated carbocycles. The van der Waals surface area contributed by atoms with Crippen LogP contribution in [0.1, 0.15) is 15.5 Å². The van der Waals surface area contributed by atoms with Gasteiger partial charge in [-0.05, 0) is 0 Å². The van der Waals surface area contributed by atoms with Gasteiger partial charge in [0.25, 0.3) is 0 Å². The van der Waals surface area contributed by atoms with Crippen LogP contribution >= 0.6 is 11.3 Å². The zero-order chi connectivity index (χ0) is 10.1. The Kier molecular flexibility index (Phi) is 2.55. The van der Waals surface area contributed by atoms with E-state index in [0.717, 1.165) is 12.5 Å². The zero-order valence-corrected chi connectivity index (χ0v) is 7.20. The summed E-state index contributed by atoms with van der Waals surface area (Å²) in [6, 6.07) is 0. The number of rotatable bonds is 1. The Hall–Kier alpha value is -1.11.